The number of imidazole rings is 1. The molecule has 0 aliphatic carbocycles. The van der Waals surface area contributed by atoms with E-state index in [2.05, 4.69) is 15.0 Å². The lowest BCUT2D eigenvalue weighted by Gasteiger charge is -1.93. The molecule has 13 heavy (non-hydrogen) atoms. The second-order valence-corrected chi connectivity index (χ2v) is 2.46. The number of hydrogen-bond donors (Lipinski definition) is 1. The summed E-state index contributed by atoms with van der Waals surface area (Å²) in [6.45, 7) is 0. The zero-order valence-corrected chi connectivity index (χ0v) is 6.62. The SMILES string of the molecule is [N-]=[N+]=Nc1nc2ccccc2n1N. The molecule has 2 rings (SSSR count). The Kier molecular flexibility index (Phi) is 1.54. The van der Waals surface area contributed by atoms with Crippen LogP contribution in [0.2, 0.25) is 0 Å². The fourth-order valence-corrected chi connectivity index (χ4v) is 1.14. The van der Waals surface area contributed by atoms with Crippen LogP contribution in [0.3, 0.4) is 0 Å². The third-order valence-corrected chi connectivity index (χ3v) is 1.71. The van der Waals surface area contributed by atoms with Gasteiger partial charge in [-0.05, 0) is 22.8 Å². The summed E-state index contributed by atoms with van der Waals surface area (Å²) in [7, 11) is 0. The van der Waals surface area contributed by atoms with Gasteiger partial charge < -0.3 is 5.84 Å². The van der Waals surface area contributed by atoms with Crippen molar-refractivity contribution in [3.05, 3.63) is 34.7 Å². The zero-order valence-electron chi connectivity index (χ0n) is 6.62. The van der Waals surface area contributed by atoms with E-state index in [1.807, 2.05) is 12.1 Å². The van der Waals surface area contributed by atoms with Crippen LogP contribution in [-0.4, -0.2) is 9.66 Å². The molecule has 2 N–H and O–H groups in total. The zero-order chi connectivity index (χ0) is 9.26. The molecule has 0 saturated heterocycles. The van der Waals surface area contributed by atoms with E-state index in [1.54, 1.807) is 12.1 Å². The molecule has 0 bridgehead atoms. The van der Waals surface area contributed by atoms with Crippen molar-refractivity contribution in [2.24, 2.45) is 5.11 Å². The van der Waals surface area contributed by atoms with Crippen LogP contribution in [-0.2, 0) is 0 Å². The quantitative estimate of drug-likeness (QED) is 0.308. The van der Waals surface area contributed by atoms with Crippen LogP contribution in [0.4, 0.5) is 5.95 Å². The van der Waals surface area contributed by atoms with Crippen LogP contribution in [0.5, 0.6) is 0 Å². The Bertz CT molecular complexity index is 493. The fourth-order valence-electron chi connectivity index (χ4n) is 1.14. The van der Waals surface area contributed by atoms with Crippen molar-refractivity contribution >= 4 is 17.0 Å². The van der Waals surface area contributed by atoms with Gasteiger partial charge in [0, 0.05) is 4.91 Å². The Morgan fingerprint density at radius 2 is 2.23 bits per heavy atom. The van der Waals surface area contributed by atoms with E-state index in [1.165, 1.54) is 4.68 Å². The highest BCUT2D eigenvalue weighted by atomic mass is 15.4. The molecule has 1 aromatic carbocycles. The van der Waals surface area contributed by atoms with Crippen LogP contribution in [0, 0.1) is 0 Å². The minimum absolute atomic E-state index is 0.170. The van der Waals surface area contributed by atoms with E-state index in [9.17, 15) is 0 Å². The number of nitrogens with zero attached hydrogens (tertiary/aromatic N) is 5. The summed E-state index contributed by atoms with van der Waals surface area (Å²) in [5.41, 5.74) is 9.67. The summed E-state index contributed by atoms with van der Waals surface area (Å²) in [6.07, 6.45) is 0. The van der Waals surface area contributed by atoms with Crippen molar-refractivity contribution in [3.8, 4) is 0 Å². The van der Waals surface area contributed by atoms with Crippen molar-refractivity contribution in [1.82, 2.24) is 9.66 Å². The van der Waals surface area contributed by atoms with E-state index < -0.39 is 0 Å². The lowest BCUT2D eigenvalue weighted by Crippen LogP contribution is -2.06. The van der Waals surface area contributed by atoms with Gasteiger partial charge in [0.05, 0.1) is 11.0 Å². The van der Waals surface area contributed by atoms with Crippen molar-refractivity contribution in [2.75, 3.05) is 5.84 Å². The molecule has 0 amide bonds. The largest absolute Gasteiger partial charge is 0.337 e. The molecule has 0 aliphatic rings. The maximum atomic E-state index is 8.22. The van der Waals surface area contributed by atoms with Crippen LogP contribution < -0.4 is 5.84 Å². The first-order chi connectivity index (χ1) is 6.33. The Morgan fingerprint density at radius 3 is 2.92 bits per heavy atom. The predicted octanol–water partition coefficient (Wildman–Crippen LogP) is 1.69. The van der Waals surface area contributed by atoms with Crippen LogP contribution in [0.15, 0.2) is 29.4 Å². The molecule has 0 atom stereocenters. The molecule has 1 heterocycles. The van der Waals surface area contributed by atoms with E-state index >= 15 is 0 Å². The predicted molar refractivity (Wildman–Crippen MR) is 48.7 cm³/mol. The van der Waals surface area contributed by atoms with Gasteiger partial charge in [0.2, 0.25) is 5.95 Å². The molecule has 6 heteroatoms. The molecule has 0 spiro atoms. The number of fused-ring (bicyclic) bond motifs is 1. The maximum Gasteiger partial charge on any atom is 0.216 e. The summed E-state index contributed by atoms with van der Waals surface area (Å²) in [5.74, 6) is 5.78. The molecule has 0 fully saturated rings. The average molecular weight is 174 g/mol. The number of rotatable bonds is 1. The molecule has 0 aliphatic heterocycles. The van der Waals surface area contributed by atoms with Gasteiger partial charge in [0.25, 0.3) is 0 Å². The maximum absolute atomic E-state index is 8.22. The molecule has 64 valence electrons. The summed E-state index contributed by atoms with van der Waals surface area (Å²) >= 11 is 0. The van der Waals surface area contributed by atoms with Gasteiger partial charge in [-0.2, -0.15) is 0 Å². The molecule has 6 nitrogen and oxygen atoms in total. The van der Waals surface area contributed by atoms with Gasteiger partial charge in [-0.25, -0.2) is 9.66 Å². The number of nitrogen functional groups attached to an aromatic ring is 1. The number of aromatic nitrogens is 2. The molecule has 2 aromatic rings. The molecule has 0 saturated carbocycles. The van der Waals surface area contributed by atoms with Crippen molar-refractivity contribution in [1.29, 1.82) is 0 Å². The topological polar surface area (TPSA) is 92.6 Å². The second-order valence-electron chi connectivity index (χ2n) is 2.46. The highest BCUT2D eigenvalue weighted by molar-refractivity contribution is 5.77. The first-order valence-corrected chi connectivity index (χ1v) is 3.60. The number of benzene rings is 1. The first-order valence-electron chi connectivity index (χ1n) is 3.60. The second kappa shape index (κ2) is 2.69. The van der Waals surface area contributed by atoms with Crippen LogP contribution in [0.1, 0.15) is 0 Å². The number of nitrogens with two attached hydrogens (primary N) is 1. The molecular formula is C7H6N6. The number of hydrogen-bond acceptors (Lipinski definition) is 3. The summed E-state index contributed by atoms with van der Waals surface area (Å²) in [4.78, 5) is 6.64. The number of para-hydroxylation sites is 2. The Labute approximate surface area is 73.2 Å². The highest BCUT2D eigenvalue weighted by Crippen LogP contribution is 2.17. The normalized spacial score (nSPS) is 9.85. The van der Waals surface area contributed by atoms with Gasteiger partial charge in [0.15, 0.2) is 0 Å². The van der Waals surface area contributed by atoms with E-state index in [-0.39, 0.29) is 5.95 Å². The first kappa shape index (κ1) is 7.45. The number of azide groups is 1. The highest BCUT2D eigenvalue weighted by Gasteiger charge is 2.04. The Morgan fingerprint density at radius 1 is 1.46 bits per heavy atom. The van der Waals surface area contributed by atoms with Crippen LogP contribution >= 0.6 is 0 Å². The minimum atomic E-state index is 0.170. The van der Waals surface area contributed by atoms with Crippen molar-refractivity contribution in [3.63, 3.8) is 0 Å². The monoisotopic (exact) mass is 174 g/mol. The standard InChI is InChI=1S/C7H6N6/c8-12-11-7-10-5-3-1-2-4-6(5)13(7)9/h1-4H,9H2. The minimum Gasteiger partial charge on any atom is -0.337 e. The average Bonchev–Trinajstić information content (AvgIpc) is 2.46. The lowest BCUT2D eigenvalue weighted by atomic mass is 10.3. The summed E-state index contributed by atoms with van der Waals surface area (Å²) in [5, 5.41) is 3.35. The molecular weight excluding hydrogens is 168 g/mol. The molecule has 0 radical (unpaired) electrons. The Hall–Kier alpha value is -2.20. The third kappa shape index (κ3) is 1.05. The van der Waals surface area contributed by atoms with E-state index in [0.717, 1.165) is 5.52 Å². The fraction of sp³-hybridized carbons (Fsp3) is 0. The van der Waals surface area contributed by atoms with Gasteiger partial charge in [-0.1, -0.05) is 12.1 Å². The van der Waals surface area contributed by atoms with E-state index in [0.29, 0.717) is 5.52 Å². The van der Waals surface area contributed by atoms with Crippen molar-refractivity contribution in [2.45, 2.75) is 0 Å². The third-order valence-electron chi connectivity index (χ3n) is 1.71. The van der Waals surface area contributed by atoms with Gasteiger partial charge in [-0.15, -0.1) is 0 Å². The van der Waals surface area contributed by atoms with Gasteiger partial charge in [-0.3, -0.25) is 0 Å². The van der Waals surface area contributed by atoms with Crippen LogP contribution in [0.25, 0.3) is 21.5 Å². The Balaban J connectivity index is 2.80. The lowest BCUT2D eigenvalue weighted by molar-refractivity contribution is 1.02. The molecule has 1 aromatic heterocycles. The smallest absolute Gasteiger partial charge is 0.216 e. The summed E-state index contributed by atoms with van der Waals surface area (Å²) < 4.78 is 1.26. The summed E-state index contributed by atoms with van der Waals surface area (Å²) in [6, 6.07) is 7.29. The van der Waals surface area contributed by atoms with Gasteiger partial charge in [0.1, 0.15) is 0 Å². The van der Waals surface area contributed by atoms with Gasteiger partial charge >= 0.3 is 0 Å². The van der Waals surface area contributed by atoms with Crippen molar-refractivity contribution < 1.29 is 0 Å². The molecule has 0 unspecified atom stereocenters. The van der Waals surface area contributed by atoms with E-state index in [4.69, 9.17) is 11.4 Å².